The van der Waals surface area contributed by atoms with Gasteiger partial charge in [-0.3, -0.25) is 4.79 Å². The van der Waals surface area contributed by atoms with E-state index in [1.165, 1.54) is 56.9 Å². The molecule has 0 bridgehead atoms. The Morgan fingerprint density at radius 2 is 1.86 bits per heavy atom. The first-order valence-electron chi connectivity index (χ1n) is 14.6. The molecule has 1 N–H and O–H groups in total. The van der Waals surface area contributed by atoms with Crippen LogP contribution in [0.15, 0.2) is 18.2 Å². The number of nitrogens with zero attached hydrogens (tertiary/aromatic N) is 1. The van der Waals surface area contributed by atoms with Crippen molar-refractivity contribution in [3.8, 4) is 0 Å². The lowest BCUT2D eigenvalue weighted by atomic mass is 9.44. The van der Waals surface area contributed by atoms with Crippen LogP contribution in [0.1, 0.15) is 96.5 Å². The Bertz CT molecular complexity index is 979. The summed E-state index contributed by atoms with van der Waals surface area (Å²) in [6.45, 7) is 6.01. The molecule has 0 radical (unpaired) electrons. The number of hydrogen-bond acceptors (Lipinski definition) is 2. The zero-order valence-corrected chi connectivity index (χ0v) is 22.5. The van der Waals surface area contributed by atoms with E-state index in [4.69, 9.17) is 11.6 Å². The molecule has 1 aliphatic heterocycles. The zero-order valence-electron chi connectivity index (χ0n) is 21.8. The largest absolute Gasteiger partial charge is 0.393 e. The maximum absolute atomic E-state index is 13.1. The van der Waals surface area contributed by atoms with Gasteiger partial charge in [0.2, 0.25) is 5.91 Å². The third-order valence-corrected chi connectivity index (χ3v) is 12.3. The molecule has 3 nitrogen and oxygen atoms in total. The number of benzene rings is 1. The van der Waals surface area contributed by atoms with Crippen LogP contribution in [0.3, 0.4) is 0 Å². The number of carbonyl (C=O) groups excluding carboxylic acids is 1. The van der Waals surface area contributed by atoms with Gasteiger partial charge >= 0.3 is 0 Å². The Balaban J connectivity index is 1.07. The molecule has 1 heterocycles. The minimum atomic E-state index is -0.0520. The first-order valence-corrected chi connectivity index (χ1v) is 14.9. The molecule has 0 aromatic heterocycles. The lowest BCUT2D eigenvalue weighted by molar-refractivity contribution is -0.127. The van der Waals surface area contributed by atoms with E-state index in [1.54, 1.807) is 0 Å². The van der Waals surface area contributed by atoms with Gasteiger partial charge < -0.3 is 10.0 Å². The molecule has 1 aromatic rings. The highest BCUT2D eigenvalue weighted by Crippen LogP contribution is 2.67. The van der Waals surface area contributed by atoms with Crippen molar-refractivity contribution in [3.05, 3.63) is 28.8 Å². The van der Waals surface area contributed by atoms with Crippen LogP contribution in [0.5, 0.6) is 0 Å². The first kappa shape index (κ1) is 24.3. The average Bonchev–Trinajstić information content (AvgIpc) is 3.40. The molecule has 4 heteroatoms. The van der Waals surface area contributed by atoms with E-state index >= 15 is 0 Å². The molecular formula is C31H44ClNO2. The van der Waals surface area contributed by atoms with Crippen LogP contribution in [0.2, 0.25) is 5.02 Å². The molecule has 0 saturated heterocycles. The van der Waals surface area contributed by atoms with Crippen molar-refractivity contribution in [1.29, 1.82) is 0 Å². The Labute approximate surface area is 217 Å². The molecule has 1 aromatic carbocycles. The summed E-state index contributed by atoms with van der Waals surface area (Å²) in [5.41, 5.74) is 3.22. The Kier molecular flexibility index (Phi) is 6.28. The standard InChI is InChI=1S/C31H44ClNO2/c1-30-16-13-27-25(9-6-22-19-24(34)12-15-31(22,27)2)26(30)10-7-21(30)4-3-5-29(35)33-17-14-20-18-23(32)8-11-28(20)33/h8,11,18,21-22,24-27,34H,3-7,9-10,12-17,19H2,1-2H3/t21?,22?,24-,25?,26?,27?,30?,31?/m1/s1. The summed E-state index contributed by atoms with van der Waals surface area (Å²) in [4.78, 5) is 15.1. The van der Waals surface area contributed by atoms with Crippen LogP contribution in [0.25, 0.3) is 0 Å². The Morgan fingerprint density at radius 3 is 2.71 bits per heavy atom. The van der Waals surface area contributed by atoms with E-state index < -0.39 is 0 Å². The SMILES string of the molecule is CC12CCC3C(CCC4C[C@H](O)CCC43C)C1CCC2CCCC(=O)N1CCc2cc(Cl)ccc21. The molecule has 35 heavy (non-hydrogen) atoms. The minimum Gasteiger partial charge on any atom is -0.393 e. The fourth-order valence-corrected chi connectivity index (χ4v) is 10.3. The fourth-order valence-electron chi connectivity index (χ4n) is 10.1. The van der Waals surface area contributed by atoms with Crippen molar-refractivity contribution in [2.75, 3.05) is 11.4 Å². The molecule has 6 rings (SSSR count). The van der Waals surface area contributed by atoms with Gasteiger partial charge in [0.1, 0.15) is 0 Å². The van der Waals surface area contributed by atoms with E-state index in [9.17, 15) is 9.90 Å². The topological polar surface area (TPSA) is 40.5 Å². The van der Waals surface area contributed by atoms with Gasteiger partial charge in [0.25, 0.3) is 0 Å². The maximum atomic E-state index is 13.1. The lowest BCUT2D eigenvalue weighted by Gasteiger charge is -2.61. The molecule has 4 aliphatic carbocycles. The van der Waals surface area contributed by atoms with Crippen molar-refractivity contribution in [3.63, 3.8) is 0 Å². The molecule has 5 aliphatic rings. The van der Waals surface area contributed by atoms with Crippen LogP contribution in [-0.2, 0) is 11.2 Å². The number of rotatable bonds is 4. The normalized spacial score (nSPS) is 42.2. The van der Waals surface area contributed by atoms with Gasteiger partial charge in [0, 0.05) is 23.7 Å². The Hall–Kier alpha value is -1.06. The molecule has 1 amide bonds. The predicted molar refractivity (Wildman–Crippen MR) is 143 cm³/mol. The summed E-state index contributed by atoms with van der Waals surface area (Å²) < 4.78 is 0. The second-order valence-corrected chi connectivity index (χ2v) is 13.8. The monoisotopic (exact) mass is 497 g/mol. The highest BCUT2D eigenvalue weighted by molar-refractivity contribution is 6.30. The molecule has 4 saturated carbocycles. The number of aliphatic hydroxyl groups excluding tert-OH is 1. The van der Waals surface area contributed by atoms with Crippen molar-refractivity contribution >= 4 is 23.2 Å². The maximum Gasteiger partial charge on any atom is 0.226 e. The van der Waals surface area contributed by atoms with Crippen molar-refractivity contribution in [2.24, 2.45) is 40.4 Å². The average molecular weight is 498 g/mol. The summed E-state index contributed by atoms with van der Waals surface area (Å²) >= 11 is 6.15. The van der Waals surface area contributed by atoms with E-state index in [-0.39, 0.29) is 6.10 Å². The van der Waals surface area contributed by atoms with Crippen LogP contribution in [0, 0.1) is 40.4 Å². The third kappa shape index (κ3) is 3.99. The summed E-state index contributed by atoms with van der Waals surface area (Å²) in [6, 6.07) is 5.94. The van der Waals surface area contributed by atoms with Gasteiger partial charge in [-0.25, -0.2) is 0 Å². The fraction of sp³-hybridized carbons (Fsp3) is 0.774. The molecule has 7 unspecified atom stereocenters. The Morgan fingerprint density at radius 1 is 1.06 bits per heavy atom. The molecule has 0 spiro atoms. The van der Waals surface area contributed by atoms with Crippen molar-refractivity contribution in [1.82, 2.24) is 0 Å². The molecular weight excluding hydrogens is 454 g/mol. The van der Waals surface area contributed by atoms with Crippen molar-refractivity contribution < 1.29 is 9.90 Å². The number of anilines is 1. The molecule has 192 valence electrons. The highest BCUT2D eigenvalue weighted by Gasteiger charge is 2.59. The van der Waals surface area contributed by atoms with Crippen molar-refractivity contribution in [2.45, 2.75) is 103 Å². The number of amides is 1. The van der Waals surface area contributed by atoms with E-state index in [0.29, 0.717) is 23.2 Å². The van der Waals surface area contributed by atoms with Gasteiger partial charge in [0.05, 0.1) is 6.10 Å². The summed E-state index contributed by atoms with van der Waals surface area (Å²) in [6.07, 6.45) is 15.3. The first-order chi connectivity index (χ1) is 16.8. The number of aliphatic hydroxyl groups is 1. The van der Waals surface area contributed by atoms with Gasteiger partial charge in [0.15, 0.2) is 0 Å². The third-order valence-electron chi connectivity index (χ3n) is 12.0. The van der Waals surface area contributed by atoms with E-state index in [0.717, 1.165) is 72.5 Å². The predicted octanol–water partition coefficient (Wildman–Crippen LogP) is 7.42. The minimum absolute atomic E-state index is 0.0520. The number of carbonyl (C=O) groups is 1. The summed E-state index contributed by atoms with van der Waals surface area (Å²) in [7, 11) is 0. The number of fused-ring (bicyclic) bond motifs is 6. The van der Waals surface area contributed by atoms with E-state index in [2.05, 4.69) is 13.8 Å². The lowest BCUT2D eigenvalue weighted by Crippen LogP contribution is -2.53. The number of halogens is 1. The van der Waals surface area contributed by atoms with Crippen LogP contribution < -0.4 is 4.90 Å². The second-order valence-electron chi connectivity index (χ2n) is 13.4. The number of hydrogen-bond donors (Lipinski definition) is 1. The highest BCUT2D eigenvalue weighted by atomic mass is 35.5. The summed E-state index contributed by atoms with van der Waals surface area (Å²) in [5.74, 6) is 4.46. The van der Waals surface area contributed by atoms with Gasteiger partial charge in [-0.15, -0.1) is 0 Å². The summed E-state index contributed by atoms with van der Waals surface area (Å²) in [5, 5.41) is 11.1. The second kappa shape index (κ2) is 9.05. The van der Waals surface area contributed by atoms with Crippen LogP contribution >= 0.6 is 11.6 Å². The van der Waals surface area contributed by atoms with Gasteiger partial charge in [-0.1, -0.05) is 25.4 Å². The smallest absolute Gasteiger partial charge is 0.226 e. The van der Waals surface area contributed by atoms with Gasteiger partial charge in [-0.05, 0) is 141 Å². The van der Waals surface area contributed by atoms with Crippen LogP contribution in [0.4, 0.5) is 5.69 Å². The van der Waals surface area contributed by atoms with Crippen LogP contribution in [-0.4, -0.2) is 23.7 Å². The van der Waals surface area contributed by atoms with Gasteiger partial charge in [-0.2, -0.15) is 0 Å². The van der Waals surface area contributed by atoms with E-state index in [1.807, 2.05) is 23.1 Å². The zero-order chi connectivity index (χ0) is 24.4. The quantitative estimate of drug-likeness (QED) is 0.470. The molecule has 4 fully saturated rings. The molecule has 8 atom stereocenters.